The van der Waals surface area contributed by atoms with Crippen molar-refractivity contribution >= 4 is 11.5 Å². The van der Waals surface area contributed by atoms with Gasteiger partial charge in [0.05, 0.1) is 6.33 Å². The van der Waals surface area contributed by atoms with E-state index in [0.717, 1.165) is 24.1 Å². The van der Waals surface area contributed by atoms with Crippen LogP contribution >= 0.6 is 0 Å². The van der Waals surface area contributed by atoms with E-state index in [9.17, 15) is 9.18 Å². The Morgan fingerprint density at radius 3 is 2.67 bits per heavy atom. The monoisotopic (exact) mass is 403 g/mol. The summed E-state index contributed by atoms with van der Waals surface area (Å²) >= 11 is 0. The third kappa shape index (κ3) is 4.13. The Morgan fingerprint density at radius 1 is 1.17 bits per heavy atom. The average Bonchev–Trinajstić information content (AvgIpc) is 3.13. The van der Waals surface area contributed by atoms with E-state index in [0.29, 0.717) is 17.3 Å². The van der Waals surface area contributed by atoms with Crippen LogP contribution in [0.15, 0.2) is 59.7 Å². The lowest BCUT2D eigenvalue weighted by Gasteiger charge is -2.24. The standard InChI is InChI=1S/C23H20FN4O2/c1-2-13-28-21(27-20-22(28)25-15-26-23(20)29)17-7-11-19(12-8-17)30-14-3-4-16-5-9-18(24)10-6-16/h5-12,15,21H,2,13-14H2,1H3,(H,25,26,29). The van der Waals surface area contributed by atoms with E-state index in [2.05, 4.69) is 34.0 Å². The Balaban J connectivity index is 1.43. The first-order valence-corrected chi connectivity index (χ1v) is 9.68. The lowest BCUT2D eigenvalue weighted by molar-refractivity contribution is 0.370. The molecule has 1 aliphatic rings. The minimum Gasteiger partial charge on any atom is -0.481 e. The van der Waals surface area contributed by atoms with E-state index in [4.69, 9.17) is 4.74 Å². The number of fused-ring (bicyclic) bond motifs is 1. The van der Waals surface area contributed by atoms with Crippen molar-refractivity contribution in [3.8, 4) is 17.6 Å². The maximum absolute atomic E-state index is 12.9. The summed E-state index contributed by atoms with van der Waals surface area (Å²) in [6.45, 7) is 3.04. The third-order valence-electron chi connectivity index (χ3n) is 4.66. The highest BCUT2D eigenvalue weighted by atomic mass is 19.1. The fourth-order valence-electron chi connectivity index (χ4n) is 3.27. The number of hydrogen-bond acceptors (Lipinski definition) is 4. The smallest absolute Gasteiger partial charge is 0.278 e. The van der Waals surface area contributed by atoms with Gasteiger partial charge in [0.15, 0.2) is 11.5 Å². The number of nitrogens with one attached hydrogen (secondary N) is 1. The number of hydrogen-bond donors (Lipinski definition) is 1. The number of nitrogens with zero attached hydrogens (tertiary/aromatic N) is 3. The van der Waals surface area contributed by atoms with Crippen LogP contribution in [0.3, 0.4) is 0 Å². The molecule has 2 heterocycles. The molecule has 7 heteroatoms. The summed E-state index contributed by atoms with van der Waals surface area (Å²) in [6.07, 6.45) is 2.03. The van der Waals surface area contributed by atoms with Crippen molar-refractivity contribution in [3.05, 3.63) is 82.2 Å². The van der Waals surface area contributed by atoms with Gasteiger partial charge in [0.1, 0.15) is 24.3 Å². The van der Waals surface area contributed by atoms with Gasteiger partial charge in [-0.25, -0.2) is 14.7 Å². The van der Waals surface area contributed by atoms with Gasteiger partial charge in [-0.05, 0) is 48.4 Å². The minimum absolute atomic E-state index is 0.219. The van der Waals surface area contributed by atoms with Crippen LogP contribution < -0.4 is 20.5 Å². The van der Waals surface area contributed by atoms with Crippen molar-refractivity contribution < 1.29 is 9.13 Å². The second kappa shape index (κ2) is 8.70. The Morgan fingerprint density at radius 2 is 1.93 bits per heavy atom. The van der Waals surface area contributed by atoms with Gasteiger partial charge in [-0.15, -0.1) is 0 Å². The van der Waals surface area contributed by atoms with Crippen molar-refractivity contribution in [1.29, 1.82) is 0 Å². The zero-order chi connectivity index (χ0) is 20.9. The second-order valence-electron chi connectivity index (χ2n) is 6.77. The van der Waals surface area contributed by atoms with Crippen molar-refractivity contribution in [1.82, 2.24) is 15.3 Å². The van der Waals surface area contributed by atoms with Crippen LogP contribution in [0.25, 0.3) is 0 Å². The number of ether oxygens (including phenoxy) is 1. The van der Waals surface area contributed by atoms with Gasteiger partial charge in [-0.3, -0.25) is 4.79 Å². The van der Waals surface area contributed by atoms with Crippen LogP contribution in [0.4, 0.5) is 15.9 Å². The molecule has 0 amide bonds. The molecule has 0 fully saturated rings. The molecule has 1 aliphatic heterocycles. The molecule has 0 spiro atoms. The Bertz CT molecular complexity index is 1130. The molecule has 4 rings (SSSR count). The highest BCUT2D eigenvalue weighted by molar-refractivity contribution is 5.66. The molecule has 1 N–H and O–H groups in total. The van der Waals surface area contributed by atoms with E-state index < -0.39 is 0 Å². The van der Waals surface area contributed by atoms with Crippen molar-refractivity contribution in [2.24, 2.45) is 0 Å². The van der Waals surface area contributed by atoms with Gasteiger partial charge < -0.3 is 14.6 Å². The third-order valence-corrected chi connectivity index (χ3v) is 4.66. The second-order valence-corrected chi connectivity index (χ2v) is 6.77. The van der Waals surface area contributed by atoms with Crippen LogP contribution in [0.2, 0.25) is 0 Å². The quantitative estimate of drug-likeness (QED) is 0.662. The van der Waals surface area contributed by atoms with E-state index in [-0.39, 0.29) is 24.1 Å². The van der Waals surface area contributed by atoms with E-state index in [1.54, 1.807) is 12.1 Å². The lowest BCUT2D eigenvalue weighted by Crippen LogP contribution is -2.28. The summed E-state index contributed by atoms with van der Waals surface area (Å²) in [7, 11) is 0. The fourth-order valence-corrected chi connectivity index (χ4v) is 3.27. The van der Waals surface area contributed by atoms with Gasteiger partial charge in [-0.1, -0.05) is 30.9 Å². The molecule has 1 aromatic heterocycles. The first kappa shape index (κ1) is 19.5. The molecule has 1 unspecified atom stereocenters. The summed E-state index contributed by atoms with van der Waals surface area (Å²) in [5, 5.41) is 4.60. The highest BCUT2D eigenvalue weighted by Gasteiger charge is 2.34. The number of aromatic nitrogens is 2. The number of H-pyrrole nitrogens is 1. The van der Waals surface area contributed by atoms with Crippen LogP contribution in [-0.4, -0.2) is 23.1 Å². The van der Waals surface area contributed by atoms with Crippen molar-refractivity contribution in [2.45, 2.75) is 19.5 Å². The molecule has 0 bridgehead atoms. The number of aromatic amines is 1. The number of rotatable bonds is 5. The molecule has 0 aliphatic carbocycles. The Labute approximate surface area is 173 Å². The lowest BCUT2D eigenvalue weighted by atomic mass is 10.1. The van der Waals surface area contributed by atoms with E-state index in [1.165, 1.54) is 18.5 Å². The fraction of sp³-hybridized carbons (Fsp3) is 0.217. The van der Waals surface area contributed by atoms with Gasteiger partial charge in [0, 0.05) is 12.1 Å². The Hall–Kier alpha value is -3.79. The van der Waals surface area contributed by atoms with Crippen LogP contribution in [0.5, 0.6) is 5.75 Å². The maximum Gasteiger partial charge on any atom is 0.278 e. The van der Waals surface area contributed by atoms with Gasteiger partial charge in [-0.2, -0.15) is 0 Å². The van der Waals surface area contributed by atoms with E-state index >= 15 is 0 Å². The van der Waals surface area contributed by atoms with Crippen molar-refractivity contribution in [2.75, 3.05) is 18.1 Å². The molecular formula is C23H20FN4O2. The minimum atomic E-state index is -0.289. The SMILES string of the molecule is CCCN1c2nc[nH]c(=O)c2[N]C1c1ccc(OCC#Cc2ccc(F)cc2)cc1. The molecule has 6 nitrogen and oxygen atoms in total. The van der Waals surface area contributed by atoms with Gasteiger partial charge >= 0.3 is 0 Å². The van der Waals surface area contributed by atoms with Gasteiger partial charge in [0.25, 0.3) is 5.56 Å². The summed E-state index contributed by atoms with van der Waals surface area (Å²) in [5.74, 6) is 6.85. The van der Waals surface area contributed by atoms with Crippen molar-refractivity contribution in [3.63, 3.8) is 0 Å². The number of anilines is 1. The molecule has 2 aromatic carbocycles. The molecule has 0 saturated carbocycles. The maximum atomic E-state index is 12.9. The summed E-state index contributed by atoms with van der Waals surface area (Å²) in [5.41, 5.74) is 1.82. The van der Waals surface area contributed by atoms with Crippen LogP contribution in [-0.2, 0) is 0 Å². The Kier molecular flexibility index (Phi) is 5.66. The largest absolute Gasteiger partial charge is 0.481 e. The zero-order valence-corrected chi connectivity index (χ0v) is 16.4. The summed E-state index contributed by atoms with van der Waals surface area (Å²) in [6, 6.07) is 13.6. The molecule has 151 valence electrons. The zero-order valence-electron chi connectivity index (χ0n) is 16.4. The summed E-state index contributed by atoms with van der Waals surface area (Å²) in [4.78, 5) is 21.0. The van der Waals surface area contributed by atoms with Gasteiger partial charge in [0.2, 0.25) is 0 Å². The molecule has 1 atom stereocenters. The molecule has 3 aromatic rings. The predicted molar refractivity (Wildman–Crippen MR) is 112 cm³/mol. The number of halogens is 1. The molecule has 30 heavy (non-hydrogen) atoms. The number of benzene rings is 2. The molecule has 1 radical (unpaired) electrons. The van der Waals surface area contributed by atoms with E-state index in [1.807, 2.05) is 29.2 Å². The summed E-state index contributed by atoms with van der Waals surface area (Å²) < 4.78 is 18.6. The highest BCUT2D eigenvalue weighted by Crippen LogP contribution is 2.37. The topological polar surface area (TPSA) is 72.3 Å². The van der Waals surface area contributed by atoms with Crippen LogP contribution in [0, 0.1) is 17.7 Å². The average molecular weight is 403 g/mol. The normalized spacial score (nSPS) is 14.5. The first-order valence-electron chi connectivity index (χ1n) is 9.68. The predicted octanol–water partition coefficient (Wildman–Crippen LogP) is 3.50. The first-order chi connectivity index (χ1) is 14.7. The molecular weight excluding hydrogens is 383 g/mol. The van der Waals surface area contributed by atoms with Crippen LogP contribution in [0.1, 0.15) is 30.6 Å². The molecule has 0 saturated heterocycles.